The minimum absolute atomic E-state index is 0.145. The third-order valence-electron chi connectivity index (χ3n) is 5.28. The minimum atomic E-state index is -0.482. The third kappa shape index (κ3) is 3.69. The SMILES string of the molecule is COc1cccc(NC2=C(c3ccccc3OC)C(=O)N(c3cccc(Cl)c3C)C2=O)c1. The number of rotatable bonds is 6. The molecule has 1 aliphatic rings. The average Bonchev–Trinajstić information content (AvgIpc) is 3.05. The summed E-state index contributed by atoms with van der Waals surface area (Å²) in [6.07, 6.45) is 0. The lowest BCUT2D eigenvalue weighted by Crippen LogP contribution is -2.33. The Morgan fingerprint density at radius 3 is 2.38 bits per heavy atom. The molecule has 3 aromatic rings. The van der Waals surface area contributed by atoms with Crippen molar-refractivity contribution in [2.75, 3.05) is 24.4 Å². The number of ether oxygens (including phenoxy) is 2. The van der Waals surface area contributed by atoms with Gasteiger partial charge in [-0.05, 0) is 42.8 Å². The standard InChI is InChI=1S/C25H21ClN2O4/c1-15-19(26)11-7-12-20(15)28-24(29)22(18-10-4-5-13-21(18)32-3)23(25(28)30)27-16-8-6-9-17(14-16)31-2/h4-14,27H,1-3H3. The van der Waals surface area contributed by atoms with E-state index >= 15 is 0 Å². The number of imide groups is 1. The van der Waals surface area contributed by atoms with Crippen LogP contribution in [0.1, 0.15) is 11.1 Å². The third-order valence-corrected chi connectivity index (χ3v) is 5.69. The van der Waals surface area contributed by atoms with Crippen LogP contribution in [-0.4, -0.2) is 26.0 Å². The second-order valence-electron chi connectivity index (χ2n) is 7.14. The number of carbonyl (C=O) groups excluding carboxylic acids is 2. The quantitative estimate of drug-likeness (QED) is 0.534. The molecule has 7 heteroatoms. The van der Waals surface area contributed by atoms with E-state index in [0.29, 0.717) is 39.0 Å². The van der Waals surface area contributed by atoms with Crippen LogP contribution in [0, 0.1) is 6.92 Å². The number of hydrogen-bond donors (Lipinski definition) is 1. The fraction of sp³-hybridized carbons (Fsp3) is 0.120. The molecule has 0 spiro atoms. The van der Waals surface area contributed by atoms with E-state index in [9.17, 15) is 9.59 Å². The van der Waals surface area contributed by atoms with Crippen LogP contribution in [-0.2, 0) is 9.59 Å². The van der Waals surface area contributed by atoms with Crippen LogP contribution >= 0.6 is 11.6 Å². The van der Waals surface area contributed by atoms with Gasteiger partial charge < -0.3 is 14.8 Å². The number of carbonyl (C=O) groups is 2. The van der Waals surface area contributed by atoms with Crippen molar-refractivity contribution < 1.29 is 19.1 Å². The van der Waals surface area contributed by atoms with Crippen LogP contribution in [0.2, 0.25) is 5.02 Å². The van der Waals surface area contributed by atoms with Gasteiger partial charge in [-0.3, -0.25) is 9.59 Å². The largest absolute Gasteiger partial charge is 0.497 e. The topological polar surface area (TPSA) is 67.9 Å². The Kier molecular flexibility index (Phi) is 5.88. The highest BCUT2D eigenvalue weighted by Crippen LogP contribution is 2.39. The molecule has 0 saturated carbocycles. The lowest BCUT2D eigenvalue weighted by atomic mass is 10.0. The molecule has 0 bridgehead atoms. The minimum Gasteiger partial charge on any atom is -0.497 e. The number of amides is 2. The first-order valence-electron chi connectivity index (χ1n) is 9.89. The highest BCUT2D eigenvalue weighted by atomic mass is 35.5. The molecule has 0 saturated heterocycles. The molecule has 1 aliphatic heterocycles. The van der Waals surface area contributed by atoms with Crippen LogP contribution in [0.3, 0.4) is 0 Å². The van der Waals surface area contributed by atoms with Gasteiger partial charge in [-0.1, -0.05) is 41.9 Å². The zero-order valence-corrected chi connectivity index (χ0v) is 18.6. The van der Waals surface area contributed by atoms with E-state index in [1.807, 2.05) is 0 Å². The Morgan fingerprint density at radius 1 is 0.875 bits per heavy atom. The summed E-state index contributed by atoms with van der Waals surface area (Å²) in [4.78, 5) is 28.4. The Hall–Kier alpha value is -3.77. The highest BCUT2D eigenvalue weighted by molar-refractivity contribution is 6.47. The molecule has 3 aromatic carbocycles. The van der Waals surface area contributed by atoms with Gasteiger partial charge in [0.05, 0.1) is 25.5 Å². The molecule has 2 amide bonds. The zero-order chi connectivity index (χ0) is 22.8. The molecule has 0 fully saturated rings. The van der Waals surface area contributed by atoms with Crippen molar-refractivity contribution in [1.82, 2.24) is 0 Å². The number of methoxy groups -OCH3 is 2. The number of nitrogens with one attached hydrogen (secondary N) is 1. The van der Waals surface area contributed by atoms with E-state index in [1.165, 1.54) is 7.11 Å². The summed E-state index contributed by atoms with van der Waals surface area (Å²) in [6, 6.07) is 19.4. The first-order chi connectivity index (χ1) is 15.5. The molecular weight excluding hydrogens is 428 g/mol. The fourth-order valence-corrected chi connectivity index (χ4v) is 3.82. The monoisotopic (exact) mass is 448 g/mol. The molecule has 4 rings (SSSR count). The molecule has 0 atom stereocenters. The number of para-hydroxylation sites is 1. The maximum Gasteiger partial charge on any atom is 0.282 e. The molecule has 162 valence electrons. The van der Waals surface area contributed by atoms with E-state index in [4.69, 9.17) is 21.1 Å². The van der Waals surface area contributed by atoms with E-state index in [0.717, 1.165) is 4.90 Å². The molecular formula is C25H21ClN2O4. The maximum atomic E-state index is 13.7. The van der Waals surface area contributed by atoms with Gasteiger partial charge in [0.15, 0.2) is 0 Å². The average molecular weight is 449 g/mol. The molecule has 0 radical (unpaired) electrons. The van der Waals surface area contributed by atoms with Crippen molar-refractivity contribution in [3.8, 4) is 11.5 Å². The summed E-state index contributed by atoms with van der Waals surface area (Å²) in [5, 5.41) is 3.60. The van der Waals surface area contributed by atoms with Gasteiger partial charge in [0.1, 0.15) is 17.2 Å². The van der Waals surface area contributed by atoms with Gasteiger partial charge in [0.2, 0.25) is 0 Å². The lowest BCUT2D eigenvalue weighted by Gasteiger charge is -2.18. The van der Waals surface area contributed by atoms with Gasteiger partial charge in [-0.15, -0.1) is 0 Å². The van der Waals surface area contributed by atoms with Gasteiger partial charge in [0, 0.05) is 22.3 Å². The number of halogens is 1. The predicted molar refractivity (Wildman–Crippen MR) is 125 cm³/mol. The van der Waals surface area contributed by atoms with Crippen molar-refractivity contribution in [3.63, 3.8) is 0 Å². The molecule has 1 heterocycles. The normalized spacial score (nSPS) is 13.6. The second-order valence-corrected chi connectivity index (χ2v) is 7.54. The summed E-state index contributed by atoms with van der Waals surface area (Å²) in [5.41, 5.74) is 2.56. The fourth-order valence-electron chi connectivity index (χ4n) is 3.65. The smallest absolute Gasteiger partial charge is 0.282 e. The van der Waals surface area contributed by atoms with Crippen molar-refractivity contribution >= 4 is 40.4 Å². The molecule has 0 aromatic heterocycles. The first kappa shape index (κ1) is 21.5. The second kappa shape index (κ2) is 8.77. The zero-order valence-electron chi connectivity index (χ0n) is 17.8. The molecule has 6 nitrogen and oxygen atoms in total. The van der Waals surface area contributed by atoms with Gasteiger partial charge in [0.25, 0.3) is 11.8 Å². The molecule has 0 unspecified atom stereocenters. The summed E-state index contributed by atoms with van der Waals surface area (Å²) in [5.74, 6) is 0.159. The predicted octanol–water partition coefficient (Wildman–Crippen LogP) is 5.06. The molecule has 1 N–H and O–H groups in total. The van der Waals surface area contributed by atoms with E-state index in [-0.39, 0.29) is 11.3 Å². The van der Waals surface area contributed by atoms with Crippen LogP contribution in [0.5, 0.6) is 11.5 Å². The van der Waals surface area contributed by atoms with Crippen molar-refractivity contribution in [3.05, 3.63) is 88.6 Å². The number of nitrogens with zero attached hydrogens (tertiary/aromatic N) is 1. The highest BCUT2D eigenvalue weighted by Gasteiger charge is 2.42. The Morgan fingerprint density at radius 2 is 1.62 bits per heavy atom. The number of hydrogen-bond acceptors (Lipinski definition) is 5. The molecule has 0 aliphatic carbocycles. The first-order valence-corrected chi connectivity index (χ1v) is 10.3. The summed E-state index contributed by atoms with van der Waals surface area (Å²) < 4.78 is 10.8. The van der Waals surface area contributed by atoms with Gasteiger partial charge in [-0.25, -0.2) is 4.90 Å². The lowest BCUT2D eigenvalue weighted by molar-refractivity contribution is -0.120. The van der Waals surface area contributed by atoms with Crippen LogP contribution in [0.15, 0.2) is 72.4 Å². The van der Waals surface area contributed by atoms with Crippen LogP contribution < -0.4 is 19.7 Å². The van der Waals surface area contributed by atoms with Gasteiger partial charge in [-0.2, -0.15) is 0 Å². The van der Waals surface area contributed by atoms with Crippen molar-refractivity contribution in [2.45, 2.75) is 6.92 Å². The van der Waals surface area contributed by atoms with Crippen molar-refractivity contribution in [2.24, 2.45) is 0 Å². The van der Waals surface area contributed by atoms with Crippen LogP contribution in [0.4, 0.5) is 11.4 Å². The van der Waals surface area contributed by atoms with Crippen molar-refractivity contribution in [1.29, 1.82) is 0 Å². The number of benzene rings is 3. The van der Waals surface area contributed by atoms with E-state index in [2.05, 4.69) is 5.32 Å². The Balaban J connectivity index is 1.89. The summed E-state index contributed by atoms with van der Waals surface area (Å²) in [7, 11) is 3.08. The molecule has 32 heavy (non-hydrogen) atoms. The van der Waals surface area contributed by atoms with E-state index in [1.54, 1.807) is 80.8 Å². The summed E-state index contributed by atoms with van der Waals surface area (Å²) >= 11 is 6.28. The summed E-state index contributed by atoms with van der Waals surface area (Å²) in [6.45, 7) is 1.77. The van der Waals surface area contributed by atoms with Gasteiger partial charge >= 0.3 is 0 Å². The maximum absolute atomic E-state index is 13.7. The van der Waals surface area contributed by atoms with E-state index < -0.39 is 11.8 Å². The Bertz CT molecular complexity index is 1250. The van der Waals surface area contributed by atoms with Crippen LogP contribution in [0.25, 0.3) is 5.57 Å². The Labute approximate surface area is 191 Å². The number of anilines is 2.